The number of hydrogen-bond acceptors (Lipinski definition) is 4. The van der Waals surface area contributed by atoms with E-state index in [9.17, 15) is 0 Å². The van der Waals surface area contributed by atoms with Crippen LogP contribution in [0.15, 0.2) is 34.4 Å². The third-order valence-corrected chi connectivity index (χ3v) is 4.52. The molecule has 4 nitrogen and oxygen atoms in total. The van der Waals surface area contributed by atoms with Gasteiger partial charge in [0, 0.05) is 7.05 Å². The number of hydrogen-bond donors (Lipinski definition) is 2. The van der Waals surface area contributed by atoms with Crippen molar-refractivity contribution >= 4 is 51.8 Å². The molecule has 21 heavy (non-hydrogen) atoms. The molecule has 7 heteroatoms. The lowest BCUT2D eigenvalue weighted by atomic mass is 10.2. The molecule has 3 rings (SSSR count). The Bertz CT molecular complexity index is 816. The lowest BCUT2D eigenvalue weighted by Crippen LogP contribution is -1.95. The number of H-pyrrole nitrogens is 1. The maximum Gasteiger partial charge on any atom is 0.172 e. The number of aryl methyl sites for hydroxylation is 1. The third-order valence-electron chi connectivity index (χ3n) is 2.94. The van der Waals surface area contributed by atoms with Crippen molar-refractivity contribution in [2.24, 2.45) is 0 Å². The minimum atomic E-state index is 0.493. The van der Waals surface area contributed by atoms with Gasteiger partial charge in [0.2, 0.25) is 0 Å². The van der Waals surface area contributed by atoms with E-state index >= 15 is 0 Å². The molecule has 0 spiro atoms. The molecule has 3 aromatic rings. The molecule has 2 N–H and O–H groups in total. The summed E-state index contributed by atoms with van der Waals surface area (Å²) >= 11 is 13.6. The summed E-state index contributed by atoms with van der Waals surface area (Å²) in [6, 6.07) is 7.75. The van der Waals surface area contributed by atoms with E-state index < -0.39 is 0 Å². The zero-order chi connectivity index (χ0) is 15.0. The third kappa shape index (κ3) is 2.95. The van der Waals surface area contributed by atoms with Gasteiger partial charge in [-0.25, -0.2) is 9.97 Å². The van der Waals surface area contributed by atoms with Gasteiger partial charge in [0.05, 0.1) is 21.1 Å². The van der Waals surface area contributed by atoms with Crippen molar-refractivity contribution in [3.8, 4) is 0 Å². The van der Waals surface area contributed by atoms with Crippen LogP contribution in [-0.2, 0) is 0 Å². The number of rotatable bonds is 3. The molecule has 0 radical (unpaired) electrons. The van der Waals surface area contributed by atoms with Gasteiger partial charge in [-0.3, -0.25) is 0 Å². The van der Waals surface area contributed by atoms with Crippen molar-refractivity contribution in [2.75, 3.05) is 12.4 Å². The molecular weight excluding hydrogens is 327 g/mol. The maximum absolute atomic E-state index is 6.20. The molecule has 1 aromatic carbocycles. The second-order valence-electron chi connectivity index (χ2n) is 4.52. The zero-order valence-electron chi connectivity index (χ0n) is 11.4. The fourth-order valence-electron chi connectivity index (χ4n) is 1.94. The van der Waals surface area contributed by atoms with Crippen molar-refractivity contribution in [3.63, 3.8) is 0 Å². The average Bonchev–Trinajstić information content (AvgIpc) is 2.83. The number of nitrogens with one attached hydrogen (secondary N) is 2. The summed E-state index contributed by atoms with van der Waals surface area (Å²) in [4.78, 5) is 12.2. The Hall–Kier alpha value is -1.43. The van der Waals surface area contributed by atoms with E-state index in [4.69, 9.17) is 23.2 Å². The number of halogens is 2. The molecule has 0 aliphatic carbocycles. The van der Waals surface area contributed by atoms with Crippen LogP contribution in [0.1, 0.15) is 5.56 Å². The predicted molar refractivity (Wildman–Crippen MR) is 88.8 cm³/mol. The van der Waals surface area contributed by atoms with Gasteiger partial charge in [0.1, 0.15) is 10.8 Å². The van der Waals surface area contributed by atoms with Gasteiger partial charge in [0.15, 0.2) is 5.16 Å². The molecule has 0 aliphatic rings. The van der Waals surface area contributed by atoms with E-state index in [1.807, 2.05) is 19.1 Å². The van der Waals surface area contributed by atoms with Gasteiger partial charge in [-0.05, 0) is 42.4 Å². The van der Waals surface area contributed by atoms with Gasteiger partial charge < -0.3 is 10.3 Å². The molecule has 2 aromatic heterocycles. The van der Waals surface area contributed by atoms with Crippen LogP contribution < -0.4 is 5.32 Å². The molecule has 0 saturated carbocycles. The summed E-state index contributed by atoms with van der Waals surface area (Å²) < 4.78 is 0. The first kappa shape index (κ1) is 14.5. The van der Waals surface area contributed by atoms with E-state index in [-0.39, 0.29) is 0 Å². The van der Waals surface area contributed by atoms with Crippen LogP contribution in [0.3, 0.4) is 0 Å². The fraction of sp³-hybridized carbons (Fsp3) is 0.143. The van der Waals surface area contributed by atoms with Crippen LogP contribution in [-0.4, -0.2) is 22.0 Å². The lowest BCUT2D eigenvalue weighted by Gasteiger charge is -2.06. The van der Waals surface area contributed by atoms with Gasteiger partial charge >= 0.3 is 0 Å². The van der Waals surface area contributed by atoms with E-state index in [1.54, 1.807) is 13.1 Å². The highest BCUT2D eigenvalue weighted by Gasteiger charge is 2.12. The summed E-state index contributed by atoms with van der Waals surface area (Å²) in [5, 5.41) is 5.33. The monoisotopic (exact) mass is 338 g/mol. The largest absolute Gasteiger partial charge is 0.372 e. The molecular formula is C14H12Cl2N4S. The second kappa shape index (κ2) is 5.75. The summed E-state index contributed by atoms with van der Waals surface area (Å²) in [6.07, 6.45) is 0. The highest BCUT2D eigenvalue weighted by molar-refractivity contribution is 7.99. The van der Waals surface area contributed by atoms with Crippen LogP contribution >= 0.6 is 35.0 Å². The van der Waals surface area contributed by atoms with Gasteiger partial charge in [-0.1, -0.05) is 29.3 Å². The second-order valence-corrected chi connectivity index (χ2v) is 6.31. The Kier molecular flexibility index (Phi) is 3.97. The number of nitrogens with zero attached hydrogens (tertiary/aromatic N) is 2. The summed E-state index contributed by atoms with van der Waals surface area (Å²) in [7, 11) is 1.76. The van der Waals surface area contributed by atoms with Crippen LogP contribution in [0, 0.1) is 6.92 Å². The van der Waals surface area contributed by atoms with Crippen molar-refractivity contribution in [1.29, 1.82) is 0 Å². The van der Waals surface area contributed by atoms with Crippen LogP contribution in [0.2, 0.25) is 10.0 Å². The standard InChI is InChI=1S/C14H12Cl2N4S/c1-7-3-4-10-11(5-7)19-14(18-10)21-13-9(16)6-8(15)12(17-2)20-13/h3-6H,1-2H3,(H,17,20)(H,18,19). The van der Waals surface area contributed by atoms with Gasteiger partial charge in [-0.15, -0.1) is 0 Å². The highest BCUT2D eigenvalue weighted by atomic mass is 35.5. The SMILES string of the molecule is CNc1nc(Sc2nc3ccc(C)cc3[nH]2)c(Cl)cc1Cl. The van der Waals surface area contributed by atoms with Crippen molar-refractivity contribution in [1.82, 2.24) is 15.0 Å². The molecule has 108 valence electrons. The normalized spacial score (nSPS) is 11.0. The number of aromatic amines is 1. The summed E-state index contributed by atoms with van der Waals surface area (Å²) in [6.45, 7) is 2.05. The predicted octanol–water partition coefficient (Wildman–Crippen LogP) is 4.77. The molecule has 0 unspecified atom stereocenters. The molecule has 0 aliphatic heterocycles. The summed E-state index contributed by atoms with van der Waals surface area (Å²) in [5.74, 6) is 0.593. The number of pyridine rings is 1. The van der Waals surface area contributed by atoms with Crippen molar-refractivity contribution in [3.05, 3.63) is 39.9 Å². The lowest BCUT2D eigenvalue weighted by molar-refractivity contribution is 1.06. The quantitative estimate of drug-likeness (QED) is 0.722. The highest BCUT2D eigenvalue weighted by Crippen LogP contribution is 2.35. The number of benzene rings is 1. The van der Waals surface area contributed by atoms with E-state index in [1.165, 1.54) is 17.3 Å². The topological polar surface area (TPSA) is 53.6 Å². The minimum Gasteiger partial charge on any atom is -0.372 e. The Labute approximate surface area is 136 Å². The molecule has 0 atom stereocenters. The number of anilines is 1. The van der Waals surface area contributed by atoms with Gasteiger partial charge in [-0.2, -0.15) is 0 Å². The van der Waals surface area contributed by atoms with E-state index in [0.717, 1.165) is 16.2 Å². The van der Waals surface area contributed by atoms with Gasteiger partial charge in [0.25, 0.3) is 0 Å². The molecule has 0 fully saturated rings. The Balaban J connectivity index is 1.98. The smallest absolute Gasteiger partial charge is 0.172 e. The number of aromatic nitrogens is 3. The molecule has 0 amide bonds. The Morgan fingerprint density at radius 3 is 2.71 bits per heavy atom. The average molecular weight is 339 g/mol. The first-order valence-electron chi connectivity index (χ1n) is 6.25. The van der Waals surface area contributed by atoms with Crippen LogP contribution in [0.4, 0.5) is 5.82 Å². The maximum atomic E-state index is 6.20. The van der Waals surface area contributed by atoms with Crippen LogP contribution in [0.5, 0.6) is 0 Å². The zero-order valence-corrected chi connectivity index (χ0v) is 13.7. The fourth-order valence-corrected chi connectivity index (χ4v) is 3.29. The van der Waals surface area contributed by atoms with E-state index in [0.29, 0.717) is 20.9 Å². The van der Waals surface area contributed by atoms with Crippen molar-refractivity contribution < 1.29 is 0 Å². The minimum absolute atomic E-state index is 0.493. The van der Waals surface area contributed by atoms with Crippen LogP contribution in [0.25, 0.3) is 11.0 Å². The first-order valence-corrected chi connectivity index (χ1v) is 7.82. The molecule has 2 heterocycles. The Morgan fingerprint density at radius 2 is 1.95 bits per heavy atom. The van der Waals surface area contributed by atoms with E-state index in [2.05, 4.69) is 26.3 Å². The molecule has 0 saturated heterocycles. The number of fused-ring (bicyclic) bond motifs is 1. The first-order chi connectivity index (χ1) is 10.1. The van der Waals surface area contributed by atoms with Crippen molar-refractivity contribution in [2.45, 2.75) is 17.1 Å². The number of imidazole rings is 1. The molecule has 0 bridgehead atoms. The Morgan fingerprint density at radius 1 is 1.14 bits per heavy atom. The summed E-state index contributed by atoms with van der Waals surface area (Å²) in [5.41, 5.74) is 3.10.